The third-order valence-electron chi connectivity index (χ3n) is 6.25. The van der Waals surface area contributed by atoms with E-state index in [0.29, 0.717) is 0 Å². The Labute approximate surface area is 196 Å². The number of fused-ring (bicyclic) bond motifs is 4. The van der Waals surface area contributed by atoms with Crippen LogP contribution in [0.5, 0.6) is 0 Å². The smallest absolute Gasteiger partial charge is 0.143 e. The van der Waals surface area contributed by atoms with Crippen molar-refractivity contribution in [3.05, 3.63) is 84.4 Å². The van der Waals surface area contributed by atoms with Gasteiger partial charge in [0.15, 0.2) is 0 Å². The van der Waals surface area contributed by atoms with Crippen LogP contribution in [0, 0.1) is 0 Å². The van der Waals surface area contributed by atoms with E-state index >= 15 is 0 Å². The van der Waals surface area contributed by atoms with Gasteiger partial charge in [0.1, 0.15) is 16.2 Å². The minimum Gasteiger partial charge on any atom is -0.455 e. The Morgan fingerprint density at radius 1 is 0.788 bits per heavy atom. The molecule has 2 aromatic heterocycles. The van der Waals surface area contributed by atoms with E-state index in [1.165, 1.54) is 5.56 Å². The van der Waals surface area contributed by atoms with Crippen LogP contribution in [0.25, 0.3) is 53.9 Å². The van der Waals surface area contributed by atoms with Crippen LogP contribution in [0.2, 0.25) is 0 Å². The molecule has 0 aliphatic heterocycles. The standard InChI is InChI=1S/C29H24N2OS/c1-29(2,3)17-15-22(20-12-8-11-19-18-9-5-7-14-24(18)32-27(19)20)26-25(16-17)33-28(31-26)21-10-4-6-13-23(21)30/h4-16H,30H2,1-3H3. The molecule has 33 heavy (non-hydrogen) atoms. The highest BCUT2D eigenvalue weighted by molar-refractivity contribution is 7.21. The van der Waals surface area contributed by atoms with E-state index in [-0.39, 0.29) is 5.41 Å². The molecular formula is C29H24N2OS. The summed E-state index contributed by atoms with van der Waals surface area (Å²) < 4.78 is 7.53. The minimum atomic E-state index is 0.000636. The predicted octanol–water partition coefficient (Wildman–Crippen LogP) is 8.41. The van der Waals surface area contributed by atoms with Gasteiger partial charge in [-0.05, 0) is 41.3 Å². The summed E-state index contributed by atoms with van der Waals surface area (Å²) in [5.41, 5.74) is 14.2. The van der Waals surface area contributed by atoms with Crippen molar-refractivity contribution in [3.63, 3.8) is 0 Å². The number of nitrogen functional groups attached to an aromatic ring is 1. The van der Waals surface area contributed by atoms with Crippen molar-refractivity contribution in [1.29, 1.82) is 0 Å². The lowest BCUT2D eigenvalue weighted by molar-refractivity contribution is 0.591. The highest BCUT2D eigenvalue weighted by Gasteiger charge is 2.22. The maximum absolute atomic E-state index is 6.38. The monoisotopic (exact) mass is 448 g/mol. The average molecular weight is 449 g/mol. The van der Waals surface area contributed by atoms with E-state index in [1.807, 2.05) is 36.4 Å². The summed E-state index contributed by atoms with van der Waals surface area (Å²) >= 11 is 1.69. The zero-order valence-corrected chi connectivity index (χ0v) is 19.7. The minimum absolute atomic E-state index is 0.000636. The Morgan fingerprint density at radius 2 is 1.52 bits per heavy atom. The summed E-state index contributed by atoms with van der Waals surface area (Å²) in [6.07, 6.45) is 0. The largest absolute Gasteiger partial charge is 0.455 e. The fourth-order valence-electron chi connectivity index (χ4n) is 4.43. The van der Waals surface area contributed by atoms with Crippen molar-refractivity contribution < 1.29 is 4.42 Å². The third kappa shape index (κ3) is 3.21. The zero-order chi connectivity index (χ0) is 22.7. The molecule has 0 unspecified atom stereocenters. The number of furan rings is 1. The molecule has 0 spiro atoms. The summed E-state index contributed by atoms with van der Waals surface area (Å²) in [5, 5.41) is 3.20. The Hall–Kier alpha value is -3.63. The second-order valence-corrected chi connectivity index (χ2v) is 10.5. The molecule has 4 heteroatoms. The molecule has 0 bridgehead atoms. The second-order valence-electron chi connectivity index (χ2n) is 9.51. The summed E-state index contributed by atoms with van der Waals surface area (Å²) in [7, 11) is 0. The summed E-state index contributed by atoms with van der Waals surface area (Å²) in [4.78, 5) is 5.10. The van der Waals surface area contributed by atoms with Crippen molar-refractivity contribution in [2.75, 3.05) is 5.73 Å². The first-order valence-electron chi connectivity index (χ1n) is 11.1. The van der Waals surface area contributed by atoms with E-state index in [4.69, 9.17) is 15.1 Å². The van der Waals surface area contributed by atoms with Gasteiger partial charge in [-0.2, -0.15) is 0 Å². The number of para-hydroxylation sites is 3. The Morgan fingerprint density at radius 3 is 2.33 bits per heavy atom. The van der Waals surface area contributed by atoms with Crippen molar-refractivity contribution >= 4 is 49.2 Å². The van der Waals surface area contributed by atoms with Crippen molar-refractivity contribution in [2.45, 2.75) is 26.2 Å². The summed E-state index contributed by atoms with van der Waals surface area (Å²) in [5.74, 6) is 0. The first kappa shape index (κ1) is 20.0. The van der Waals surface area contributed by atoms with Crippen LogP contribution in [0.15, 0.2) is 83.3 Å². The number of rotatable bonds is 2. The molecular weight excluding hydrogens is 424 g/mol. The molecule has 0 fully saturated rings. The number of hydrogen-bond donors (Lipinski definition) is 1. The SMILES string of the molecule is CC(C)(C)c1cc(-c2cccc3c2oc2ccccc23)c2nc(-c3ccccc3N)sc2c1. The van der Waals surface area contributed by atoms with Crippen molar-refractivity contribution in [2.24, 2.45) is 0 Å². The molecule has 4 aromatic carbocycles. The summed E-state index contributed by atoms with van der Waals surface area (Å²) in [6.45, 7) is 6.74. The maximum atomic E-state index is 6.38. The quantitative estimate of drug-likeness (QED) is 0.271. The van der Waals surface area contributed by atoms with E-state index in [9.17, 15) is 0 Å². The van der Waals surface area contributed by atoms with Gasteiger partial charge >= 0.3 is 0 Å². The lowest BCUT2D eigenvalue weighted by atomic mass is 9.85. The fourth-order valence-corrected chi connectivity index (χ4v) is 5.51. The van der Waals surface area contributed by atoms with Crippen LogP contribution in [0.4, 0.5) is 5.69 Å². The van der Waals surface area contributed by atoms with Gasteiger partial charge < -0.3 is 10.2 Å². The number of aromatic nitrogens is 1. The van der Waals surface area contributed by atoms with Crippen LogP contribution in [0.3, 0.4) is 0 Å². The predicted molar refractivity (Wildman–Crippen MR) is 141 cm³/mol. The fraction of sp³-hybridized carbons (Fsp3) is 0.138. The Balaban J connectivity index is 1.69. The van der Waals surface area contributed by atoms with Crippen LogP contribution in [-0.2, 0) is 5.41 Å². The average Bonchev–Trinajstić information content (AvgIpc) is 3.39. The van der Waals surface area contributed by atoms with Gasteiger partial charge in [0.05, 0.1) is 10.2 Å². The highest BCUT2D eigenvalue weighted by atomic mass is 32.1. The molecule has 6 rings (SSSR count). The molecule has 3 nitrogen and oxygen atoms in total. The molecule has 0 aliphatic carbocycles. The molecule has 0 aliphatic rings. The molecule has 2 heterocycles. The number of thiazole rings is 1. The number of benzene rings is 4. The lowest BCUT2D eigenvalue weighted by Crippen LogP contribution is -2.11. The van der Waals surface area contributed by atoms with Crippen LogP contribution >= 0.6 is 11.3 Å². The van der Waals surface area contributed by atoms with Gasteiger partial charge in [-0.3, -0.25) is 0 Å². The van der Waals surface area contributed by atoms with Gasteiger partial charge in [0.2, 0.25) is 0 Å². The third-order valence-corrected chi connectivity index (χ3v) is 7.28. The van der Waals surface area contributed by atoms with Crippen LogP contribution in [0.1, 0.15) is 26.3 Å². The van der Waals surface area contributed by atoms with E-state index in [2.05, 4.69) is 63.2 Å². The molecule has 2 N–H and O–H groups in total. The zero-order valence-electron chi connectivity index (χ0n) is 18.8. The maximum Gasteiger partial charge on any atom is 0.143 e. The Kier molecular flexibility index (Phi) is 4.36. The molecule has 0 saturated carbocycles. The lowest BCUT2D eigenvalue weighted by Gasteiger charge is -2.20. The number of hydrogen-bond acceptors (Lipinski definition) is 4. The molecule has 0 radical (unpaired) electrons. The first-order valence-corrected chi connectivity index (χ1v) is 11.9. The van der Waals surface area contributed by atoms with Gasteiger partial charge in [0, 0.05) is 33.2 Å². The number of nitrogens with two attached hydrogens (primary N) is 1. The first-order chi connectivity index (χ1) is 15.9. The molecule has 6 aromatic rings. The van der Waals surface area contributed by atoms with E-state index in [1.54, 1.807) is 11.3 Å². The van der Waals surface area contributed by atoms with Crippen LogP contribution < -0.4 is 5.73 Å². The highest BCUT2D eigenvalue weighted by Crippen LogP contribution is 2.43. The Bertz CT molecular complexity index is 1670. The number of nitrogens with zero attached hydrogens (tertiary/aromatic N) is 1. The van der Waals surface area contributed by atoms with Gasteiger partial charge in [-0.25, -0.2) is 4.98 Å². The van der Waals surface area contributed by atoms with Gasteiger partial charge in [-0.1, -0.05) is 69.3 Å². The van der Waals surface area contributed by atoms with E-state index < -0.39 is 0 Å². The normalized spacial score (nSPS) is 12.2. The van der Waals surface area contributed by atoms with Crippen molar-refractivity contribution in [3.8, 4) is 21.7 Å². The van der Waals surface area contributed by atoms with Crippen molar-refractivity contribution in [1.82, 2.24) is 4.98 Å². The van der Waals surface area contributed by atoms with Crippen LogP contribution in [-0.4, -0.2) is 4.98 Å². The van der Waals surface area contributed by atoms with Gasteiger partial charge in [-0.15, -0.1) is 11.3 Å². The molecule has 0 amide bonds. The number of anilines is 1. The van der Waals surface area contributed by atoms with Gasteiger partial charge in [0.25, 0.3) is 0 Å². The molecule has 0 saturated heterocycles. The molecule has 0 atom stereocenters. The molecule has 162 valence electrons. The topological polar surface area (TPSA) is 52.0 Å². The summed E-state index contributed by atoms with van der Waals surface area (Å²) in [6, 6.07) is 27.1. The second kappa shape index (κ2) is 7.19. The van der Waals surface area contributed by atoms with E-state index in [0.717, 1.165) is 59.5 Å².